The number of rotatable bonds is 6. The Hall–Kier alpha value is -7.16. The van der Waals surface area contributed by atoms with Crippen LogP contribution >= 0.6 is 0 Å². The van der Waals surface area contributed by atoms with Gasteiger partial charge in [0.1, 0.15) is 0 Å². The van der Waals surface area contributed by atoms with Crippen LogP contribution < -0.4 is 0 Å². The van der Waals surface area contributed by atoms with Crippen LogP contribution in [0.5, 0.6) is 0 Å². The minimum atomic E-state index is 0.692. The van der Waals surface area contributed by atoms with Crippen molar-refractivity contribution in [2.24, 2.45) is 0 Å². The molecule has 0 fully saturated rings. The summed E-state index contributed by atoms with van der Waals surface area (Å²) in [7, 11) is 0. The fraction of sp³-hybridized carbons (Fsp3) is 0. The first kappa shape index (κ1) is 31.6. The summed E-state index contributed by atoms with van der Waals surface area (Å²) >= 11 is 0. The first-order chi connectivity index (χ1) is 26.7. The van der Waals surface area contributed by atoms with Crippen molar-refractivity contribution in [1.29, 1.82) is 0 Å². The van der Waals surface area contributed by atoms with E-state index in [2.05, 4.69) is 206 Å². The Balaban J connectivity index is 1.13. The Kier molecular flexibility index (Phi) is 7.85. The lowest BCUT2D eigenvalue weighted by Crippen LogP contribution is -1.96. The van der Waals surface area contributed by atoms with Gasteiger partial charge in [0.25, 0.3) is 0 Å². The van der Waals surface area contributed by atoms with E-state index in [0.717, 1.165) is 39.2 Å². The van der Waals surface area contributed by atoms with Gasteiger partial charge in [-0.2, -0.15) is 0 Å². The van der Waals surface area contributed by atoms with Gasteiger partial charge >= 0.3 is 0 Å². The molecule has 0 radical (unpaired) electrons. The average molecular weight is 687 g/mol. The van der Waals surface area contributed by atoms with E-state index in [1.54, 1.807) is 0 Å². The van der Waals surface area contributed by atoms with Crippen molar-refractivity contribution in [1.82, 2.24) is 9.97 Å². The highest BCUT2D eigenvalue weighted by Gasteiger charge is 2.15. The van der Waals surface area contributed by atoms with Gasteiger partial charge in [-0.25, -0.2) is 9.97 Å². The predicted molar refractivity (Wildman–Crippen MR) is 227 cm³/mol. The molecular formula is C52H34N2. The Morgan fingerprint density at radius 3 is 1.54 bits per heavy atom. The van der Waals surface area contributed by atoms with E-state index in [-0.39, 0.29) is 0 Å². The minimum absolute atomic E-state index is 0.692. The first-order valence-electron chi connectivity index (χ1n) is 18.4. The summed E-state index contributed by atoms with van der Waals surface area (Å²) < 4.78 is 0. The third kappa shape index (κ3) is 5.81. The summed E-state index contributed by atoms with van der Waals surface area (Å²) in [5.74, 6) is 0.692. The lowest BCUT2D eigenvalue weighted by molar-refractivity contribution is 1.18. The molecule has 0 N–H and O–H groups in total. The molecule has 0 aliphatic rings. The molecule has 0 aliphatic heterocycles. The average Bonchev–Trinajstić information content (AvgIpc) is 3.26. The van der Waals surface area contributed by atoms with E-state index in [1.165, 1.54) is 54.6 Å². The quantitative estimate of drug-likeness (QED) is 0.163. The second kappa shape index (κ2) is 13.4. The summed E-state index contributed by atoms with van der Waals surface area (Å²) in [6, 6.07) is 73.4. The number of aromatic nitrogens is 2. The van der Waals surface area contributed by atoms with E-state index in [9.17, 15) is 0 Å². The standard InChI is InChI=1S/C52H34N2/c1-2-13-35(14-3-1)36-27-29-38(30-28-36)50-34-51(42-20-10-18-39(31-42)45-26-12-17-37-15-4-6-22-44(37)45)54-52(53-50)43-21-11-19-40(32-43)49-33-41-16-5-7-23-46(41)47-24-8-9-25-48(47)49/h1-34H. The number of fused-ring (bicyclic) bond motifs is 4. The summed E-state index contributed by atoms with van der Waals surface area (Å²) in [6.45, 7) is 0. The van der Waals surface area contributed by atoms with Gasteiger partial charge in [-0.1, -0.05) is 182 Å². The second-order valence-corrected chi connectivity index (χ2v) is 13.8. The molecule has 10 rings (SSSR count). The second-order valence-electron chi connectivity index (χ2n) is 13.8. The lowest BCUT2D eigenvalue weighted by Gasteiger charge is -2.14. The molecule has 0 spiro atoms. The van der Waals surface area contributed by atoms with Crippen LogP contribution in [0.4, 0.5) is 0 Å². The topological polar surface area (TPSA) is 25.8 Å². The van der Waals surface area contributed by atoms with Gasteiger partial charge in [0.15, 0.2) is 5.82 Å². The third-order valence-electron chi connectivity index (χ3n) is 10.5. The summed E-state index contributed by atoms with van der Waals surface area (Å²) in [5, 5.41) is 7.43. The minimum Gasteiger partial charge on any atom is -0.228 e. The monoisotopic (exact) mass is 686 g/mol. The highest BCUT2D eigenvalue weighted by molar-refractivity contribution is 6.13. The predicted octanol–water partition coefficient (Wildman–Crippen LogP) is 13.9. The van der Waals surface area contributed by atoms with Gasteiger partial charge in [-0.3, -0.25) is 0 Å². The van der Waals surface area contributed by atoms with E-state index in [0.29, 0.717) is 5.82 Å². The molecule has 0 saturated carbocycles. The molecular weight excluding hydrogens is 653 g/mol. The molecule has 0 amide bonds. The smallest absolute Gasteiger partial charge is 0.160 e. The zero-order valence-corrected chi connectivity index (χ0v) is 29.5. The van der Waals surface area contributed by atoms with Crippen LogP contribution in [0.15, 0.2) is 206 Å². The number of hydrogen-bond acceptors (Lipinski definition) is 2. The first-order valence-corrected chi connectivity index (χ1v) is 18.4. The molecule has 9 aromatic carbocycles. The van der Waals surface area contributed by atoms with E-state index in [4.69, 9.17) is 9.97 Å². The molecule has 1 heterocycles. The fourth-order valence-corrected chi connectivity index (χ4v) is 7.78. The van der Waals surface area contributed by atoms with Gasteiger partial charge < -0.3 is 0 Å². The SMILES string of the molecule is c1ccc(-c2ccc(-c3cc(-c4cccc(-c5cccc6ccccc56)c4)nc(-c4cccc(-c5cc6ccccc6c6ccccc56)c4)n3)cc2)cc1. The lowest BCUT2D eigenvalue weighted by atomic mass is 9.92. The Bertz CT molecular complexity index is 2980. The normalized spacial score (nSPS) is 11.3. The van der Waals surface area contributed by atoms with E-state index < -0.39 is 0 Å². The maximum absolute atomic E-state index is 5.30. The van der Waals surface area contributed by atoms with Crippen molar-refractivity contribution in [2.75, 3.05) is 0 Å². The summed E-state index contributed by atoms with van der Waals surface area (Å²) in [5.41, 5.74) is 11.9. The summed E-state index contributed by atoms with van der Waals surface area (Å²) in [4.78, 5) is 10.6. The molecule has 2 heteroatoms. The Morgan fingerprint density at radius 2 is 0.741 bits per heavy atom. The van der Waals surface area contributed by atoms with E-state index >= 15 is 0 Å². The largest absolute Gasteiger partial charge is 0.228 e. The van der Waals surface area contributed by atoms with Crippen molar-refractivity contribution >= 4 is 32.3 Å². The molecule has 54 heavy (non-hydrogen) atoms. The molecule has 0 bridgehead atoms. The fourth-order valence-electron chi connectivity index (χ4n) is 7.78. The van der Waals surface area contributed by atoms with Crippen LogP contribution in [-0.2, 0) is 0 Å². The van der Waals surface area contributed by atoms with Crippen molar-refractivity contribution < 1.29 is 0 Å². The zero-order valence-electron chi connectivity index (χ0n) is 29.5. The van der Waals surface area contributed by atoms with Crippen LogP contribution in [0.25, 0.3) is 99.6 Å². The Labute approximate surface area is 314 Å². The van der Waals surface area contributed by atoms with Gasteiger partial charge in [0, 0.05) is 16.7 Å². The Morgan fingerprint density at radius 1 is 0.241 bits per heavy atom. The van der Waals surface area contributed by atoms with Crippen LogP contribution in [0.1, 0.15) is 0 Å². The third-order valence-corrected chi connectivity index (χ3v) is 10.5. The molecule has 10 aromatic rings. The number of benzene rings is 9. The van der Waals surface area contributed by atoms with Crippen molar-refractivity contribution in [3.8, 4) is 67.3 Å². The molecule has 0 atom stereocenters. The van der Waals surface area contributed by atoms with Gasteiger partial charge in [0.2, 0.25) is 0 Å². The van der Waals surface area contributed by atoms with Crippen LogP contribution in [0.2, 0.25) is 0 Å². The molecule has 0 unspecified atom stereocenters. The van der Waals surface area contributed by atoms with Crippen LogP contribution in [-0.4, -0.2) is 9.97 Å². The maximum Gasteiger partial charge on any atom is 0.160 e. The summed E-state index contributed by atoms with van der Waals surface area (Å²) in [6.07, 6.45) is 0. The highest BCUT2D eigenvalue weighted by Crippen LogP contribution is 2.38. The molecule has 1 aromatic heterocycles. The number of hydrogen-bond donors (Lipinski definition) is 0. The molecule has 252 valence electrons. The zero-order chi connectivity index (χ0) is 35.8. The van der Waals surface area contributed by atoms with Crippen molar-refractivity contribution in [3.05, 3.63) is 206 Å². The molecule has 2 nitrogen and oxygen atoms in total. The van der Waals surface area contributed by atoms with Crippen molar-refractivity contribution in [3.63, 3.8) is 0 Å². The van der Waals surface area contributed by atoms with Crippen LogP contribution in [0.3, 0.4) is 0 Å². The molecule has 0 saturated heterocycles. The highest BCUT2D eigenvalue weighted by atomic mass is 14.9. The van der Waals surface area contributed by atoms with Crippen molar-refractivity contribution in [2.45, 2.75) is 0 Å². The molecule has 0 aliphatic carbocycles. The van der Waals surface area contributed by atoms with E-state index in [1.807, 2.05) is 0 Å². The van der Waals surface area contributed by atoms with Gasteiger partial charge in [-0.05, 0) is 90.0 Å². The van der Waals surface area contributed by atoms with Gasteiger partial charge in [-0.15, -0.1) is 0 Å². The maximum atomic E-state index is 5.30. The van der Waals surface area contributed by atoms with Gasteiger partial charge in [0.05, 0.1) is 11.4 Å². The van der Waals surface area contributed by atoms with Crippen LogP contribution in [0, 0.1) is 0 Å². The number of nitrogens with zero attached hydrogens (tertiary/aromatic N) is 2.